The number of carbonyl (C=O) groups excluding carboxylic acids is 1. The van der Waals surface area contributed by atoms with Crippen molar-refractivity contribution >= 4 is 11.9 Å². The van der Waals surface area contributed by atoms with E-state index in [9.17, 15) is 4.79 Å². The van der Waals surface area contributed by atoms with E-state index in [1.165, 1.54) is 12.8 Å². The van der Waals surface area contributed by atoms with Crippen LogP contribution in [0.2, 0.25) is 0 Å². The van der Waals surface area contributed by atoms with Crippen molar-refractivity contribution in [2.75, 3.05) is 26.7 Å². The van der Waals surface area contributed by atoms with Gasteiger partial charge in [-0.2, -0.15) is 0 Å². The molecule has 0 saturated heterocycles. The van der Waals surface area contributed by atoms with Crippen LogP contribution < -0.4 is 10.6 Å². The fourth-order valence-corrected chi connectivity index (χ4v) is 2.68. The number of hydrogen-bond donors (Lipinski definition) is 2. The van der Waals surface area contributed by atoms with Crippen molar-refractivity contribution in [2.24, 2.45) is 10.9 Å². The van der Waals surface area contributed by atoms with E-state index in [-0.39, 0.29) is 5.91 Å². The van der Waals surface area contributed by atoms with E-state index in [4.69, 9.17) is 0 Å². The van der Waals surface area contributed by atoms with E-state index in [0.717, 1.165) is 36.7 Å². The van der Waals surface area contributed by atoms with Crippen molar-refractivity contribution < 1.29 is 4.79 Å². The summed E-state index contributed by atoms with van der Waals surface area (Å²) in [5.41, 5.74) is 1.87. The van der Waals surface area contributed by atoms with Gasteiger partial charge >= 0.3 is 0 Å². The third kappa shape index (κ3) is 6.77. The molecule has 5 nitrogen and oxygen atoms in total. The number of guanidine groups is 1. The molecule has 1 aromatic rings. The van der Waals surface area contributed by atoms with Crippen LogP contribution in [0.5, 0.6) is 0 Å². The summed E-state index contributed by atoms with van der Waals surface area (Å²) < 4.78 is 0. The molecule has 0 aliphatic carbocycles. The molecule has 0 heterocycles. The Morgan fingerprint density at radius 3 is 2.12 bits per heavy atom. The largest absolute Gasteiger partial charge is 0.356 e. The van der Waals surface area contributed by atoms with Crippen molar-refractivity contribution in [3.63, 3.8) is 0 Å². The Labute approximate surface area is 152 Å². The van der Waals surface area contributed by atoms with E-state index < -0.39 is 0 Å². The number of rotatable bonds is 9. The first-order chi connectivity index (χ1) is 12.1. The summed E-state index contributed by atoms with van der Waals surface area (Å²) in [6.45, 7) is 11.5. The average Bonchev–Trinajstić information content (AvgIpc) is 2.66. The fourth-order valence-electron chi connectivity index (χ4n) is 2.68. The molecule has 0 bridgehead atoms. The van der Waals surface area contributed by atoms with E-state index >= 15 is 0 Å². The minimum atomic E-state index is 0.0900. The molecule has 0 radical (unpaired) electrons. The summed E-state index contributed by atoms with van der Waals surface area (Å²) in [5, 5.41) is 6.71. The van der Waals surface area contributed by atoms with Gasteiger partial charge in [0.1, 0.15) is 0 Å². The maximum Gasteiger partial charge on any atom is 0.253 e. The molecule has 1 rings (SSSR count). The van der Waals surface area contributed by atoms with Crippen LogP contribution in [0, 0.1) is 5.92 Å². The molecule has 0 unspecified atom stereocenters. The zero-order chi connectivity index (χ0) is 18.7. The van der Waals surface area contributed by atoms with Crippen molar-refractivity contribution in [1.29, 1.82) is 0 Å². The zero-order valence-corrected chi connectivity index (χ0v) is 16.4. The van der Waals surface area contributed by atoms with Gasteiger partial charge in [-0.15, -0.1) is 0 Å². The van der Waals surface area contributed by atoms with Crippen LogP contribution in [0.25, 0.3) is 0 Å². The van der Waals surface area contributed by atoms with E-state index in [1.54, 1.807) is 7.05 Å². The first-order valence-electron chi connectivity index (χ1n) is 9.42. The summed E-state index contributed by atoms with van der Waals surface area (Å²) in [5.74, 6) is 1.58. The molecule has 0 aliphatic rings. The van der Waals surface area contributed by atoms with Crippen molar-refractivity contribution in [3.8, 4) is 0 Å². The number of aliphatic imine (C=N–C) groups is 1. The van der Waals surface area contributed by atoms with Crippen LogP contribution in [0.4, 0.5) is 0 Å². The van der Waals surface area contributed by atoms with Crippen molar-refractivity contribution in [2.45, 2.75) is 47.1 Å². The number of benzene rings is 1. The summed E-state index contributed by atoms with van der Waals surface area (Å²) in [6.07, 6.45) is 2.34. The number of hydrogen-bond acceptors (Lipinski definition) is 2. The molecule has 0 saturated carbocycles. The molecule has 140 valence electrons. The number of amides is 1. The third-order valence-corrected chi connectivity index (χ3v) is 4.65. The first-order valence-corrected chi connectivity index (χ1v) is 9.42. The molecule has 5 heteroatoms. The average molecular weight is 347 g/mol. The van der Waals surface area contributed by atoms with Crippen LogP contribution in [-0.4, -0.2) is 43.4 Å². The minimum absolute atomic E-state index is 0.0900. The molecular formula is C20H34N4O. The van der Waals surface area contributed by atoms with Gasteiger partial charge in [0.05, 0.1) is 0 Å². The van der Waals surface area contributed by atoms with Crippen LogP contribution in [0.1, 0.15) is 56.5 Å². The van der Waals surface area contributed by atoms with E-state index in [2.05, 4.69) is 29.5 Å². The lowest BCUT2D eigenvalue weighted by Crippen LogP contribution is -2.39. The maximum atomic E-state index is 12.3. The molecule has 1 aromatic carbocycles. The second kappa shape index (κ2) is 11.5. The molecule has 1 amide bonds. The predicted octanol–water partition coefficient (Wildman–Crippen LogP) is 3.27. The lowest BCUT2D eigenvalue weighted by Gasteiger charge is -2.19. The molecule has 2 N–H and O–H groups in total. The highest BCUT2D eigenvalue weighted by Crippen LogP contribution is 2.08. The normalized spacial score (nSPS) is 11.5. The molecular weight excluding hydrogens is 312 g/mol. The summed E-state index contributed by atoms with van der Waals surface area (Å²) in [6, 6.07) is 7.80. The molecule has 0 atom stereocenters. The SMILES string of the molecule is CCC(CC)CNC(=NC)NCc1ccc(C(=O)N(CC)CC)cc1. The number of nitrogens with one attached hydrogen (secondary N) is 2. The predicted molar refractivity (Wildman–Crippen MR) is 106 cm³/mol. The van der Waals surface area contributed by atoms with Gasteiger partial charge < -0.3 is 15.5 Å². The van der Waals surface area contributed by atoms with E-state index in [0.29, 0.717) is 12.5 Å². The van der Waals surface area contributed by atoms with Gasteiger partial charge in [-0.1, -0.05) is 38.8 Å². The van der Waals surface area contributed by atoms with Crippen molar-refractivity contribution in [1.82, 2.24) is 15.5 Å². The lowest BCUT2D eigenvalue weighted by atomic mass is 10.0. The Hall–Kier alpha value is -2.04. The topological polar surface area (TPSA) is 56.7 Å². The molecule has 0 aromatic heterocycles. The Bertz CT molecular complexity index is 531. The van der Waals surface area contributed by atoms with Gasteiger partial charge in [-0.25, -0.2) is 0 Å². The standard InChI is InChI=1S/C20H34N4O/c1-6-16(7-2)14-22-20(21-5)23-15-17-10-12-18(13-11-17)19(25)24(8-3)9-4/h10-13,16H,6-9,14-15H2,1-5H3,(H2,21,22,23). The first kappa shape index (κ1) is 21.0. The Morgan fingerprint density at radius 2 is 1.64 bits per heavy atom. The molecule has 0 spiro atoms. The highest BCUT2D eigenvalue weighted by atomic mass is 16.2. The minimum Gasteiger partial charge on any atom is -0.356 e. The van der Waals surface area contributed by atoms with Crippen LogP contribution >= 0.6 is 0 Å². The fraction of sp³-hybridized carbons (Fsp3) is 0.600. The third-order valence-electron chi connectivity index (χ3n) is 4.65. The highest BCUT2D eigenvalue weighted by molar-refractivity contribution is 5.94. The quantitative estimate of drug-likeness (QED) is 0.533. The monoisotopic (exact) mass is 346 g/mol. The summed E-state index contributed by atoms with van der Waals surface area (Å²) in [7, 11) is 1.79. The van der Waals surface area contributed by atoms with Gasteiger partial charge in [0.2, 0.25) is 0 Å². The maximum absolute atomic E-state index is 12.3. The number of carbonyl (C=O) groups is 1. The van der Waals surface area contributed by atoms with Crippen LogP contribution in [0.3, 0.4) is 0 Å². The zero-order valence-electron chi connectivity index (χ0n) is 16.4. The Balaban J connectivity index is 2.56. The van der Waals surface area contributed by atoms with Crippen molar-refractivity contribution in [3.05, 3.63) is 35.4 Å². The molecule has 0 fully saturated rings. The van der Waals surface area contributed by atoms with E-state index in [1.807, 2.05) is 43.0 Å². The molecule has 25 heavy (non-hydrogen) atoms. The number of nitrogens with zero attached hydrogens (tertiary/aromatic N) is 2. The Morgan fingerprint density at radius 1 is 1.04 bits per heavy atom. The Kier molecular flexibility index (Phi) is 9.66. The van der Waals surface area contributed by atoms with Crippen LogP contribution in [-0.2, 0) is 6.54 Å². The highest BCUT2D eigenvalue weighted by Gasteiger charge is 2.12. The summed E-state index contributed by atoms with van der Waals surface area (Å²) >= 11 is 0. The second-order valence-electron chi connectivity index (χ2n) is 6.16. The van der Waals surface area contributed by atoms with Gasteiger partial charge in [0.15, 0.2) is 5.96 Å². The van der Waals surface area contributed by atoms with Gasteiger partial charge in [-0.05, 0) is 37.5 Å². The van der Waals surface area contributed by atoms with Gasteiger partial charge in [-0.3, -0.25) is 9.79 Å². The smallest absolute Gasteiger partial charge is 0.253 e. The summed E-state index contributed by atoms with van der Waals surface area (Å²) in [4.78, 5) is 18.4. The van der Waals surface area contributed by atoms with Gasteiger partial charge in [0, 0.05) is 38.8 Å². The molecule has 0 aliphatic heterocycles. The lowest BCUT2D eigenvalue weighted by molar-refractivity contribution is 0.0773. The van der Waals surface area contributed by atoms with Gasteiger partial charge in [0.25, 0.3) is 5.91 Å². The van der Waals surface area contributed by atoms with Crippen LogP contribution in [0.15, 0.2) is 29.3 Å². The second-order valence-corrected chi connectivity index (χ2v) is 6.16.